The van der Waals surface area contributed by atoms with Crippen LogP contribution in [0, 0.1) is 5.82 Å². The summed E-state index contributed by atoms with van der Waals surface area (Å²) in [4.78, 5) is 31.4. The zero-order valence-corrected chi connectivity index (χ0v) is 21.3. The van der Waals surface area contributed by atoms with Crippen LogP contribution in [0.5, 0.6) is 5.75 Å². The van der Waals surface area contributed by atoms with Crippen molar-refractivity contribution in [1.29, 1.82) is 0 Å². The molecule has 2 aromatic carbocycles. The van der Waals surface area contributed by atoms with Crippen molar-refractivity contribution in [3.8, 4) is 17.0 Å². The van der Waals surface area contributed by atoms with Crippen LogP contribution in [0.25, 0.3) is 11.3 Å². The second-order valence-electron chi connectivity index (χ2n) is 8.96. The maximum absolute atomic E-state index is 13.6. The minimum atomic E-state index is -0.469. The zero-order valence-electron chi connectivity index (χ0n) is 21.3. The molecule has 0 bridgehead atoms. The number of methoxy groups -OCH3 is 1. The molecule has 0 atom stereocenters. The summed E-state index contributed by atoms with van der Waals surface area (Å²) in [7, 11) is 1.63. The van der Waals surface area contributed by atoms with Crippen LogP contribution in [0.1, 0.15) is 30.1 Å². The molecule has 8 nitrogen and oxygen atoms in total. The van der Waals surface area contributed by atoms with E-state index < -0.39 is 5.82 Å². The average molecular weight is 506 g/mol. The van der Waals surface area contributed by atoms with Gasteiger partial charge in [0.05, 0.1) is 12.8 Å². The van der Waals surface area contributed by atoms with Gasteiger partial charge in [0.15, 0.2) is 5.82 Å². The van der Waals surface area contributed by atoms with Crippen molar-refractivity contribution < 1.29 is 18.7 Å². The number of hydrogen-bond donors (Lipinski definition) is 0. The van der Waals surface area contributed by atoms with Gasteiger partial charge in [0, 0.05) is 43.9 Å². The predicted octanol–water partition coefficient (Wildman–Crippen LogP) is 3.88. The molecule has 1 aliphatic rings. The number of ether oxygens (including phenoxy) is 1. The van der Waals surface area contributed by atoms with Crippen molar-refractivity contribution in [2.75, 3.05) is 51.3 Å². The largest absolute Gasteiger partial charge is 0.497 e. The molecule has 1 saturated heterocycles. The molecule has 0 N–H and O–H groups in total. The maximum Gasteiger partial charge on any atom is 0.254 e. The van der Waals surface area contributed by atoms with Crippen LogP contribution in [0.2, 0.25) is 0 Å². The van der Waals surface area contributed by atoms with Crippen molar-refractivity contribution >= 4 is 17.6 Å². The molecule has 37 heavy (non-hydrogen) atoms. The smallest absolute Gasteiger partial charge is 0.254 e. The number of carbonyl (C=O) groups excluding carboxylic acids is 2. The topological polar surface area (TPSA) is 78.9 Å². The Hall–Kier alpha value is -4.01. The van der Waals surface area contributed by atoms with Gasteiger partial charge in [-0.2, -0.15) is 0 Å². The van der Waals surface area contributed by atoms with Gasteiger partial charge in [-0.25, -0.2) is 4.39 Å². The molecular formula is C28H32FN5O3. The first-order chi connectivity index (χ1) is 18.0. The van der Waals surface area contributed by atoms with Gasteiger partial charge in [0.2, 0.25) is 5.91 Å². The van der Waals surface area contributed by atoms with E-state index in [1.54, 1.807) is 18.1 Å². The highest BCUT2D eigenvalue weighted by molar-refractivity contribution is 5.96. The summed E-state index contributed by atoms with van der Waals surface area (Å²) in [5, 5.41) is 8.77. The van der Waals surface area contributed by atoms with Crippen molar-refractivity contribution in [1.82, 2.24) is 20.0 Å². The molecule has 1 aliphatic heterocycles. The monoisotopic (exact) mass is 505 g/mol. The number of aromatic nitrogens is 2. The van der Waals surface area contributed by atoms with E-state index in [0.717, 1.165) is 35.7 Å². The lowest BCUT2D eigenvalue weighted by Gasteiger charge is -2.36. The number of carbonyl (C=O) groups is 2. The summed E-state index contributed by atoms with van der Waals surface area (Å²) >= 11 is 0. The Labute approximate surface area is 216 Å². The highest BCUT2D eigenvalue weighted by Crippen LogP contribution is 2.22. The van der Waals surface area contributed by atoms with E-state index in [1.165, 1.54) is 23.1 Å². The first-order valence-electron chi connectivity index (χ1n) is 12.5. The van der Waals surface area contributed by atoms with E-state index in [4.69, 9.17) is 4.74 Å². The zero-order chi connectivity index (χ0) is 26.2. The summed E-state index contributed by atoms with van der Waals surface area (Å²) in [5.74, 6) is 0.639. The van der Waals surface area contributed by atoms with Crippen molar-refractivity contribution in [3.05, 3.63) is 72.0 Å². The van der Waals surface area contributed by atoms with Crippen molar-refractivity contribution in [2.24, 2.45) is 0 Å². The van der Waals surface area contributed by atoms with E-state index in [1.807, 2.05) is 43.3 Å². The Balaban J connectivity index is 1.34. The summed E-state index contributed by atoms with van der Waals surface area (Å²) in [6.07, 6.45) is 1.66. The molecule has 0 saturated carbocycles. The molecule has 4 rings (SSSR count). The first kappa shape index (κ1) is 26.1. The summed E-state index contributed by atoms with van der Waals surface area (Å²) in [6, 6.07) is 17.1. The van der Waals surface area contributed by atoms with E-state index >= 15 is 0 Å². The molecule has 3 aromatic rings. The number of nitrogens with zero attached hydrogens (tertiary/aromatic N) is 5. The number of amides is 2. The molecule has 2 heterocycles. The molecule has 1 fully saturated rings. The van der Waals surface area contributed by atoms with E-state index in [0.29, 0.717) is 32.7 Å². The Morgan fingerprint density at radius 1 is 1.00 bits per heavy atom. The second-order valence-corrected chi connectivity index (χ2v) is 8.96. The van der Waals surface area contributed by atoms with Crippen LogP contribution >= 0.6 is 0 Å². The Morgan fingerprint density at radius 3 is 2.38 bits per heavy atom. The standard InChI is InChI=1S/C28H32FN5O3/c1-3-4-14-34(28(36)22-6-5-7-23(29)19-22)20-27(35)33-17-15-32(16-18-33)26-13-12-25(30-31-26)21-8-10-24(37-2)11-9-21/h5-13,19H,3-4,14-18,20H2,1-2H3. The molecule has 9 heteroatoms. The molecule has 0 radical (unpaired) electrons. The van der Waals surface area contributed by atoms with Crippen molar-refractivity contribution in [2.45, 2.75) is 19.8 Å². The predicted molar refractivity (Wildman–Crippen MR) is 140 cm³/mol. The van der Waals surface area contributed by atoms with Crippen LogP contribution in [0.3, 0.4) is 0 Å². The lowest BCUT2D eigenvalue weighted by Crippen LogP contribution is -2.52. The van der Waals surface area contributed by atoms with Crippen LogP contribution in [0.4, 0.5) is 10.2 Å². The summed E-state index contributed by atoms with van der Waals surface area (Å²) in [6.45, 7) is 4.74. The third kappa shape index (κ3) is 6.61. The first-order valence-corrected chi connectivity index (χ1v) is 12.5. The fraction of sp³-hybridized carbons (Fsp3) is 0.357. The molecule has 2 amide bonds. The van der Waals surface area contributed by atoms with E-state index in [9.17, 15) is 14.0 Å². The Bertz CT molecular complexity index is 1200. The molecule has 1 aromatic heterocycles. The van der Waals surface area contributed by atoms with Gasteiger partial charge in [0.1, 0.15) is 18.1 Å². The van der Waals surface area contributed by atoms with Gasteiger partial charge in [-0.1, -0.05) is 19.4 Å². The summed E-state index contributed by atoms with van der Waals surface area (Å²) in [5.41, 5.74) is 1.98. The summed E-state index contributed by atoms with van der Waals surface area (Å²) < 4.78 is 18.8. The molecular weight excluding hydrogens is 473 g/mol. The quantitative estimate of drug-likeness (QED) is 0.439. The molecule has 0 spiro atoms. The number of unbranched alkanes of at least 4 members (excludes halogenated alkanes) is 1. The lowest BCUT2D eigenvalue weighted by molar-refractivity contribution is -0.132. The third-order valence-electron chi connectivity index (χ3n) is 6.46. The second kappa shape index (κ2) is 12.3. The molecule has 194 valence electrons. The fourth-order valence-corrected chi connectivity index (χ4v) is 4.26. The van der Waals surface area contributed by atoms with Gasteiger partial charge in [0.25, 0.3) is 5.91 Å². The number of rotatable bonds is 9. The SMILES string of the molecule is CCCCN(CC(=O)N1CCN(c2ccc(-c3ccc(OC)cc3)nn2)CC1)C(=O)c1cccc(F)c1. The number of anilines is 1. The molecule has 0 unspecified atom stereocenters. The number of piperazine rings is 1. The van der Waals surface area contributed by atoms with Crippen LogP contribution in [-0.2, 0) is 4.79 Å². The Morgan fingerprint density at radius 2 is 1.76 bits per heavy atom. The minimum absolute atomic E-state index is 0.0221. The Kier molecular flexibility index (Phi) is 8.66. The maximum atomic E-state index is 13.6. The highest BCUT2D eigenvalue weighted by Gasteiger charge is 2.26. The van der Waals surface area contributed by atoms with Gasteiger partial charge < -0.3 is 19.4 Å². The third-order valence-corrected chi connectivity index (χ3v) is 6.46. The van der Waals surface area contributed by atoms with Gasteiger partial charge in [-0.3, -0.25) is 9.59 Å². The number of benzene rings is 2. The normalized spacial score (nSPS) is 13.4. The lowest BCUT2D eigenvalue weighted by atomic mass is 10.1. The van der Waals surface area contributed by atoms with E-state index in [2.05, 4.69) is 15.1 Å². The van der Waals surface area contributed by atoms with Gasteiger partial charge >= 0.3 is 0 Å². The van der Waals surface area contributed by atoms with Crippen LogP contribution in [0.15, 0.2) is 60.7 Å². The van der Waals surface area contributed by atoms with Gasteiger partial charge in [-0.15, -0.1) is 10.2 Å². The highest BCUT2D eigenvalue weighted by atomic mass is 19.1. The van der Waals surface area contributed by atoms with Crippen molar-refractivity contribution in [3.63, 3.8) is 0 Å². The van der Waals surface area contributed by atoms with Gasteiger partial charge in [-0.05, 0) is 61.0 Å². The molecule has 0 aliphatic carbocycles. The average Bonchev–Trinajstić information content (AvgIpc) is 2.95. The fourth-order valence-electron chi connectivity index (χ4n) is 4.26. The van der Waals surface area contributed by atoms with Crippen LogP contribution < -0.4 is 9.64 Å². The number of halogens is 1. The minimum Gasteiger partial charge on any atom is -0.497 e. The number of hydrogen-bond acceptors (Lipinski definition) is 6. The van der Waals surface area contributed by atoms with E-state index in [-0.39, 0.29) is 23.9 Å². The van der Waals surface area contributed by atoms with Crippen LogP contribution in [-0.4, -0.2) is 78.2 Å².